The van der Waals surface area contributed by atoms with Crippen LogP contribution in [0, 0.1) is 0 Å². The van der Waals surface area contributed by atoms with E-state index >= 15 is 0 Å². The van der Waals surface area contributed by atoms with Crippen LogP contribution in [0.5, 0.6) is 5.75 Å². The van der Waals surface area contributed by atoms with Crippen molar-refractivity contribution in [3.05, 3.63) is 34.4 Å². The zero-order chi connectivity index (χ0) is 13.1. The lowest BCUT2D eigenvalue weighted by Crippen LogP contribution is -2.00. The third kappa shape index (κ3) is 2.53. The van der Waals surface area contributed by atoms with Crippen LogP contribution in [0.25, 0.3) is 11.3 Å². The monoisotopic (exact) mass is 310 g/mol. The minimum absolute atomic E-state index is 0.0935. The van der Waals surface area contributed by atoms with Crippen LogP contribution < -0.4 is 4.74 Å². The molecule has 2 N–H and O–H groups in total. The first-order valence-electron chi connectivity index (χ1n) is 5.20. The van der Waals surface area contributed by atoms with Gasteiger partial charge in [0.2, 0.25) is 0 Å². The van der Waals surface area contributed by atoms with E-state index in [9.17, 15) is 4.79 Å². The van der Waals surface area contributed by atoms with Gasteiger partial charge in [-0.3, -0.25) is 9.89 Å². The van der Waals surface area contributed by atoms with Gasteiger partial charge in [-0.25, -0.2) is 0 Å². The number of aromatic amines is 1. The SMILES string of the molecule is COc1ccc(-c2n[nH]c(CC(=O)O)c2Br)cc1. The molecule has 0 radical (unpaired) electrons. The average Bonchev–Trinajstić information content (AvgIpc) is 2.71. The number of hydrogen-bond acceptors (Lipinski definition) is 3. The van der Waals surface area contributed by atoms with Crippen molar-refractivity contribution in [2.24, 2.45) is 0 Å². The number of ether oxygens (including phenoxy) is 1. The molecule has 1 heterocycles. The zero-order valence-corrected chi connectivity index (χ0v) is 11.2. The summed E-state index contributed by atoms with van der Waals surface area (Å²) in [5, 5.41) is 15.6. The number of aliphatic carboxylic acids is 1. The molecule has 0 aliphatic heterocycles. The Hall–Kier alpha value is -1.82. The van der Waals surface area contributed by atoms with E-state index in [1.165, 1.54) is 0 Å². The fraction of sp³-hybridized carbons (Fsp3) is 0.167. The Kier molecular flexibility index (Phi) is 3.66. The first-order chi connectivity index (χ1) is 8.61. The largest absolute Gasteiger partial charge is 0.497 e. The molecule has 0 aliphatic rings. The Morgan fingerprint density at radius 2 is 2.11 bits per heavy atom. The number of H-pyrrole nitrogens is 1. The number of carboxylic acids is 1. The number of halogens is 1. The third-order valence-electron chi connectivity index (χ3n) is 2.47. The minimum Gasteiger partial charge on any atom is -0.497 e. The molecule has 0 unspecified atom stereocenters. The molecule has 0 bridgehead atoms. The Morgan fingerprint density at radius 3 is 2.67 bits per heavy atom. The molecule has 0 spiro atoms. The van der Waals surface area contributed by atoms with Gasteiger partial charge in [-0.15, -0.1) is 0 Å². The maximum Gasteiger partial charge on any atom is 0.309 e. The second-order valence-corrected chi connectivity index (χ2v) is 4.46. The highest BCUT2D eigenvalue weighted by molar-refractivity contribution is 9.10. The lowest BCUT2D eigenvalue weighted by Gasteiger charge is -2.01. The smallest absolute Gasteiger partial charge is 0.309 e. The van der Waals surface area contributed by atoms with Crippen LogP contribution in [-0.2, 0) is 11.2 Å². The molecule has 18 heavy (non-hydrogen) atoms. The average molecular weight is 311 g/mol. The molecule has 0 atom stereocenters. The highest BCUT2D eigenvalue weighted by atomic mass is 79.9. The van der Waals surface area contributed by atoms with Gasteiger partial charge in [0.05, 0.1) is 23.7 Å². The number of methoxy groups -OCH3 is 1. The Morgan fingerprint density at radius 1 is 1.44 bits per heavy atom. The second-order valence-electron chi connectivity index (χ2n) is 3.66. The van der Waals surface area contributed by atoms with Crippen LogP contribution in [0.15, 0.2) is 28.7 Å². The van der Waals surface area contributed by atoms with Crippen molar-refractivity contribution in [2.45, 2.75) is 6.42 Å². The van der Waals surface area contributed by atoms with Crippen molar-refractivity contribution in [1.29, 1.82) is 0 Å². The van der Waals surface area contributed by atoms with E-state index in [1.54, 1.807) is 7.11 Å². The summed E-state index contributed by atoms with van der Waals surface area (Å²) in [7, 11) is 1.60. The number of rotatable bonds is 4. The number of nitrogens with zero attached hydrogens (tertiary/aromatic N) is 1. The summed E-state index contributed by atoms with van der Waals surface area (Å²) in [4.78, 5) is 10.7. The van der Waals surface area contributed by atoms with E-state index in [-0.39, 0.29) is 6.42 Å². The molecule has 0 aliphatic carbocycles. The van der Waals surface area contributed by atoms with Gasteiger partial charge in [-0.1, -0.05) is 0 Å². The van der Waals surface area contributed by atoms with Crippen LogP contribution in [0.3, 0.4) is 0 Å². The summed E-state index contributed by atoms with van der Waals surface area (Å²) in [6.45, 7) is 0. The standard InChI is InChI=1S/C12H11BrN2O3/c1-18-8-4-2-7(3-5-8)12-11(13)9(14-15-12)6-10(16)17/h2-5H,6H2,1H3,(H,14,15)(H,16,17). The van der Waals surface area contributed by atoms with E-state index < -0.39 is 5.97 Å². The van der Waals surface area contributed by atoms with Gasteiger partial charge < -0.3 is 9.84 Å². The summed E-state index contributed by atoms with van der Waals surface area (Å²) in [5.41, 5.74) is 2.12. The van der Waals surface area contributed by atoms with Gasteiger partial charge in [0, 0.05) is 5.56 Å². The van der Waals surface area contributed by atoms with Gasteiger partial charge in [-0.2, -0.15) is 5.10 Å². The molecule has 2 aromatic rings. The molecule has 0 fully saturated rings. The second kappa shape index (κ2) is 5.22. The van der Waals surface area contributed by atoms with E-state index in [0.717, 1.165) is 11.3 Å². The first kappa shape index (κ1) is 12.6. The predicted octanol–water partition coefficient (Wildman–Crippen LogP) is 2.47. The van der Waals surface area contributed by atoms with Gasteiger partial charge in [-0.05, 0) is 40.2 Å². The summed E-state index contributed by atoms with van der Waals surface area (Å²) >= 11 is 3.36. The van der Waals surface area contributed by atoms with Crippen molar-refractivity contribution in [3.8, 4) is 17.0 Å². The minimum atomic E-state index is -0.902. The van der Waals surface area contributed by atoms with Crippen LogP contribution in [0.1, 0.15) is 5.69 Å². The summed E-state index contributed by atoms with van der Waals surface area (Å²) in [6, 6.07) is 7.38. The Bertz CT molecular complexity index is 563. The topological polar surface area (TPSA) is 75.2 Å². The molecular weight excluding hydrogens is 300 g/mol. The molecule has 2 rings (SSSR count). The number of nitrogens with one attached hydrogen (secondary N) is 1. The van der Waals surface area contributed by atoms with Gasteiger partial charge in [0.25, 0.3) is 0 Å². The fourth-order valence-electron chi connectivity index (χ4n) is 1.57. The van der Waals surface area contributed by atoms with Crippen LogP contribution in [0.2, 0.25) is 0 Å². The number of hydrogen-bond donors (Lipinski definition) is 2. The third-order valence-corrected chi connectivity index (χ3v) is 3.32. The molecule has 0 amide bonds. The molecule has 6 heteroatoms. The highest BCUT2D eigenvalue weighted by Gasteiger charge is 2.14. The van der Waals surface area contributed by atoms with Crippen molar-refractivity contribution in [3.63, 3.8) is 0 Å². The molecule has 1 aromatic heterocycles. The first-order valence-corrected chi connectivity index (χ1v) is 6.00. The molecule has 1 aromatic carbocycles. The van der Waals surface area contributed by atoms with Crippen LogP contribution in [0.4, 0.5) is 0 Å². The maximum atomic E-state index is 10.7. The zero-order valence-electron chi connectivity index (χ0n) is 9.61. The van der Waals surface area contributed by atoms with E-state index in [2.05, 4.69) is 26.1 Å². The maximum absolute atomic E-state index is 10.7. The Balaban J connectivity index is 2.32. The van der Waals surface area contributed by atoms with Crippen molar-refractivity contribution in [1.82, 2.24) is 10.2 Å². The highest BCUT2D eigenvalue weighted by Crippen LogP contribution is 2.30. The normalized spacial score (nSPS) is 10.3. The summed E-state index contributed by atoms with van der Waals surface area (Å²) < 4.78 is 5.75. The predicted molar refractivity (Wildman–Crippen MR) is 69.6 cm³/mol. The lowest BCUT2D eigenvalue weighted by atomic mass is 10.1. The molecule has 0 saturated heterocycles. The lowest BCUT2D eigenvalue weighted by molar-refractivity contribution is -0.136. The van der Waals surface area contributed by atoms with Crippen LogP contribution >= 0.6 is 15.9 Å². The van der Waals surface area contributed by atoms with Crippen molar-refractivity contribution in [2.75, 3.05) is 7.11 Å². The number of carbonyl (C=O) groups is 1. The fourth-order valence-corrected chi connectivity index (χ4v) is 2.12. The van der Waals surface area contributed by atoms with Crippen LogP contribution in [-0.4, -0.2) is 28.4 Å². The van der Waals surface area contributed by atoms with Gasteiger partial charge in [0.1, 0.15) is 11.4 Å². The van der Waals surface area contributed by atoms with Crippen molar-refractivity contribution >= 4 is 21.9 Å². The molecular formula is C12H11BrN2O3. The van der Waals surface area contributed by atoms with E-state index in [4.69, 9.17) is 9.84 Å². The molecule has 0 saturated carbocycles. The Labute approximate surface area is 112 Å². The number of carboxylic acid groups (broad SMARTS) is 1. The quantitative estimate of drug-likeness (QED) is 0.909. The summed E-state index contributed by atoms with van der Waals surface area (Å²) in [6.07, 6.45) is -0.0935. The number of benzene rings is 1. The van der Waals surface area contributed by atoms with Crippen molar-refractivity contribution < 1.29 is 14.6 Å². The van der Waals surface area contributed by atoms with Gasteiger partial charge >= 0.3 is 5.97 Å². The van der Waals surface area contributed by atoms with E-state index in [0.29, 0.717) is 15.9 Å². The molecule has 94 valence electrons. The summed E-state index contributed by atoms with van der Waals surface area (Å²) in [5.74, 6) is -0.142. The number of aromatic nitrogens is 2. The van der Waals surface area contributed by atoms with E-state index in [1.807, 2.05) is 24.3 Å². The molecule has 5 nitrogen and oxygen atoms in total. The van der Waals surface area contributed by atoms with Gasteiger partial charge in [0.15, 0.2) is 0 Å².